The van der Waals surface area contributed by atoms with Gasteiger partial charge in [-0.25, -0.2) is 0 Å². The van der Waals surface area contributed by atoms with Crippen molar-refractivity contribution in [3.63, 3.8) is 0 Å². The Morgan fingerprint density at radius 3 is 2.54 bits per heavy atom. The molecule has 0 amide bonds. The normalized spacial score (nSPS) is 39.9. The minimum atomic E-state index is -0.0265. The van der Waals surface area contributed by atoms with Crippen molar-refractivity contribution < 1.29 is 5.11 Å². The molecule has 0 aromatic heterocycles. The summed E-state index contributed by atoms with van der Waals surface area (Å²) in [5.74, 6) is 0. The molecule has 1 aliphatic heterocycles. The van der Waals surface area contributed by atoms with Crippen LogP contribution in [0.1, 0.15) is 46.0 Å². The molecule has 0 aromatic carbocycles. The maximum atomic E-state index is 9.50. The Kier molecular flexibility index (Phi) is 2.37. The number of hydrogen-bond donors (Lipinski definition) is 1. The summed E-state index contributed by atoms with van der Waals surface area (Å²) < 4.78 is 0. The molecular formula is C11H21NO. The van der Waals surface area contributed by atoms with Crippen LogP contribution in [0.15, 0.2) is 0 Å². The summed E-state index contributed by atoms with van der Waals surface area (Å²) in [7, 11) is 0. The van der Waals surface area contributed by atoms with Crippen LogP contribution in [0.2, 0.25) is 0 Å². The third-order valence-electron chi connectivity index (χ3n) is 3.78. The molecule has 1 N–H and O–H groups in total. The lowest BCUT2D eigenvalue weighted by Gasteiger charge is -2.36. The van der Waals surface area contributed by atoms with E-state index in [0.717, 1.165) is 12.8 Å². The van der Waals surface area contributed by atoms with Crippen molar-refractivity contribution in [2.24, 2.45) is 0 Å². The molecule has 0 radical (unpaired) electrons. The fourth-order valence-electron chi connectivity index (χ4n) is 3.02. The summed E-state index contributed by atoms with van der Waals surface area (Å²) in [6, 6.07) is 0.660. The van der Waals surface area contributed by atoms with E-state index < -0.39 is 0 Å². The van der Waals surface area contributed by atoms with E-state index in [1.165, 1.54) is 25.8 Å². The average molecular weight is 183 g/mol. The largest absolute Gasteiger partial charge is 0.393 e. The van der Waals surface area contributed by atoms with Gasteiger partial charge in [-0.1, -0.05) is 0 Å². The molecule has 2 aliphatic rings. The Labute approximate surface area is 80.9 Å². The van der Waals surface area contributed by atoms with Crippen LogP contribution in [0.3, 0.4) is 0 Å². The first-order valence-electron chi connectivity index (χ1n) is 5.54. The molecular weight excluding hydrogens is 162 g/mol. The number of rotatable bonds is 1. The van der Waals surface area contributed by atoms with E-state index in [0.29, 0.717) is 11.6 Å². The predicted octanol–water partition coefficient (Wildman–Crippen LogP) is 1.77. The van der Waals surface area contributed by atoms with E-state index in [9.17, 15) is 5.11 Å². The maximum absolute atomic E-state index is 9.50. The highest BCUT2D eigenvalue weighted by atomic mass is 16.3. The van der Waals surface area contributed by atoms with E-state index in [1.54, 1.807) is 0 Å². The Morgan fingerprint density at radius 1 is 1.31 bits per heavy atom. The fourth-order valence-corrected chi connectivity index (χ4v) is 3.02. The molecule has 0 aromatic rings. The minimum absolute atomic E-state index is 0.0265. The van der Waals surface area contributed by atoms with Crippen molar-refractivity contribution in [3.8, 4) is 0 Å². The molecule has 0 spiro atoms. The van der Waals surface area contributed by atoms with Crippen molar-refractivity contribution in [1.82, 2.24) is 4.90 Å². The van der Waals surface area contributed by atoms with Crippen LogP contribution in [0, 0.1) is 0 Å². The second-order valence-corrected chi connectivity index (χ2v) is 5.23. The molecule has 2 heteroatoms. The summed E-state index contributed by atoms with van der Waals surface area (Å²) in [5, 5.41) is 9.50. The van der Waals surface area contributed by atoms with Crippen molar-refractivity contribution >= 4 is 0 Å². The Bertz CT molecular complexity index is 191. The first-order valence-corrected chi connectivity index (χ1v) is 5.54. The van der Waals surface area contributed by atoms with Crippen LogP contribution in [-0.4, -0.2) is 34.2 Å². The van der Waals surface area contributed by atoms with Crippen LogP contribution in [0.5, 0.6) is 0 Å². The number of aliphatic hydroxyl groups is 1. The summed E-state index contributed by atoms with van der Waals surface area (Å²) in [4.78, 5) is 2.61. The second kappa shape index (κ2) is 3.25. The second-order valence-electron chi connectivity index (χ2n) is 5.23. The van der Waals surface area contributed by atoms with Gasteiger partial charge in [-0.2, -0.15) is 0 Å². The molecule has 2 unspecified atom stereocenters. The molecule has 76 valence electrons. The van der Waals surface area contributed by atoms with Gasteiger partial charge in [0.15, 0.2) is 0 Å². The quantitative estimate of drug-likeness (QED) is 0.670. The summed E-state index contributed by atoms with van der Waals surface area (Å²) >= 11 is 0. The van der Waals surface area contributed by atoms with E-state index in [2.05, 4.69) is 18.7 Å². The van der Waals surface area contributed by atoms with Gasteiger partial charge in [-0.05, 0) is 52.5 Å². The Morgan fingerprint density at radius 2 is 2.08 bits per heavy atom. The highest BCUT2D eigenvalue weighted by Gasteiger charge is 2.39. The standard InChI is InChI=1S/C11H21NO/c1-11(2)6-3-7-12(11)9-4-5-10(13)8-9/h9-10,13H,3-8H2,1-2H3. The number of nitrogens with zero attached hydrogens (tertiary/aromatic N) is 1. The third-order valence-corrected chi connectivity index (χ3v) is 3.78. The molecule has 13 heavy (non-hydrogen) atoms. The molecule has 1 aliphatic carbocycles. The number of hydrogen-bond acceptors (Lipinski definition) is 2. The molecule has 2 atom stereocenters. The number of aliphatic hydroxyl groups excluding tert-OH is 1. The Balaban J connectivity index is 2.00. The van der Waals surface area contributed by atoms with E-state index >= 15 is 0 Å². The van der Waals surface area contributed by atoms with Gasteiger partial charge >= 0.3 is 0 Å². The summed E-state index contributed by atoms with van der Waals surface area (Å²) in [6.45, 7) is 5.92. The van der Waals surface area contributed by atoms with Crippen LogP contribution in [0.25, 0.3) is 0 Å². The molecule has 1 heterocycles. The van der Waals surface area contributed by atoms with Gasteiger partial charge in [0.2, 0.25) is 0 Å². The zero-order chi connectivity index (χ0) is 9.47. The maximum Gasteiger partial charge on any atom is 0.0555 e. The third kappa shape index (κ3) is 1.75. The van der Waals surface area contributed by atoms with E-state index in [4.69, 9.17) is 0 Å². The summed E-state index contributed by atoms with van der Waals surface area (Å²) in [6.07, 6.45) is 5.84. The smallest absolute Gasteiger partial charge is 0.0555 e. The first-order chi connectivity index (χ1) is 6.09. The highest BCUT2D eigenvalue weighted by Crippen LogP contribution is 2.35. The van der Waals surface area contributed by atoms with Crippen molar-refractivity contribution in [2.75, 3.05) is 6.54 Å². The predicted molar refractivity (Wildman–Crippen MR) is 53.7 cm³/mol. The molecule has 2 rings (SSSR count). The zero-order valence-electron chi connectivity index (χ0n) is 8.79. The zero-order valence-corrected chi connectivity index (χ0v) is 8.79. The van der Waals surface area contributed by atoms with Crippen LogP contribution in [0.4, 0.5) is 0 Å². The highest BCUT2D eigenvalue weighted by molar-refractivity contribution is 4.95. The number of likely N-dealkylation sites (tertiary alicyclic amines) is 1. The van der Waals surface area contributed by atoms with Crippen molar-refractivity contribution in [1.29, 1.82) is 0 Å². The van der Waals surface area contributed by atoms with Gasteiger partial charge in [-0.15, -0.1) is 0 Å². The van der Waals surface area contributed by atoms with Gasteiger partial charge in [0.1, 0.15) is 0 Å². The molecule has 2 nitrogen and oxygen atoms in total. The van der Waals surface area contributed by atoms with Gasteiger partial charge in [0.25, 0.3) is 0 Å². The average Bonchev–Trinajstić information content (AvgIpc) is 2.56. The molecule has 0 bridgehead atoms. The molecule has 1 saturated heterocycles. The van der Waals surface area contributed by atoms with Gasteiger partial charge in [-0.3, -0.25) is 4.90 Å². The van der Waals surface area contributed by atoms with Gasteiger partial charge in [0, 0.05) is 11.6 Å². The first kappa shape index (κ1) is 9.47. The lowest BCUT2D eigenvalue weighted by Crippen LogP contribution is -2.44. The minimum Gasteiger partial charge on any atom is -0.393 e. The monoisotopic (exact) mass is 183 g/mol. The molecule has 1 saturated carbocycles. The summed E-state index contributed by atoms with van der Waals surface area (Å²) in [5.41, 5.74) is 0.384. The van der Waals surface area contributed by atoms with E-state index in [1.807, 2.05) is 0 Å². The van der Waals surface area contributed by atoms with Crippen molar-refractivity contribution in [2.45, 2.75) is 63.6 Å². The van der Waals surface area contributed by atoms with Crippen LogP contribution in [-0.2, 0) is 0 Å². The fraction of sp³-hybridized carbons (Fsp3) is 1.00. The van der Waals surface area contributed by atoms with Crippen LogP contribution < -0.4 is 0 Å². The lowest BCUT2D eigenvalue weighted by molar-refractivity contribution is 0.102. The SMILES string of the molecule is CC1(C)CCCN1C1CCC(O)C1. The van der Waals surface area contributed by atoms with Gasteiger partial charge < -0.3 is 5.11 Å². The van der Waals surface area contributed by atoms with E-state index in [-0.39, 0.29) is 6.10 Å². The van der Waals surface area contributed by atoms with Crippen molar-refractivity contribution in [3.05, 3.63) is 0 Å². The Hall–Kier alpha value is -0.0800. The molecule has 2 fully saturated rings. The lowest BCUT2D eigenvalue weighted by atomic mass is 10.00. The van der Waals surface area contributed by atoms with Gasteiger partial charge in [0.05, 0.1) is 6.10 Å². The topological polar surface area (TPSA) is 23.5 Å². The van der Waals surface area contributed by atoms with Crippen LogP contribution >= 0.6 is 0 Å².